The van der Waals surface area contributed by atoms with Crippen molar-refractivity contribution < 1.29 is 23.2 Å². The van der Waals surface area contributed by atoms with E-state index in [0.717, 1.165) is 9.13 Å². The molecule has 0 amide bonds. The van der Waals surface area contributed by atoms with Gasteiger partial charge in [-0.05, 0) is 37.9 Å². The van der Waals surface area contributed by atoms with E-state index >= 15 is 0 Å². The van der Waals surface area contributed by atoms with E-state index < -0.39 is 27.0 Å². The molecular weight excluding hydrogens is 442 g/mol. The number of aromatic hydroxyl groups is 2. The van der Waals surface area contributed by atoms with Crippen molar-refractivity contribution in [3.8, 4) is 17.8 Å². The second-order valence-electron chi connectivity index (χ2n) is 6.91. The molecule has 12 nitrogen and oxygen atoms in total. The average molecular weight is 470 g/mol. The molecule has 0 bridgehead atoms. The van der Waals surface area contributed by atoms with Crippen molar-refractivity contribution in [1.82, 2.24) is 9.13 Å². The molecule has 0 fully saturated rings. The lowest BCUT2D eigenvalue weighted by Crippen LogP contribution is -2.27. The minimum Gasteiger partial charge on any atom is -0.494 e. The van der Waals surface area contributed by atoms with Crippen molar-refractivity contribution in [3.05, 3.63) is 55.1 Å². The lowest BCUT2D eigenvalue weighted by molar-refractivity contribution is 0.401. The number of hydrogen-bond acceptors (Lipinski definition) is 9. The second kappa shape index (κ2) is 11.4. The fourth-order valence-corrected chi connectivity index (χ4v) is 3.57. The van der Waals surface area contributed by atoms with Crippen LogP contribution in [-0.2, 0) is 29.0 Å². The molecule has 2 aromatic heterocycles. The first-order chi connectivity index (χ1) is 14.9. The molecule has 0 aliphatic carbocycles. The number of nitriles is 1. The van der Waals surface area contributed by atoms with E-state index in [0.29, 0.717) is 24.1 Å². The zero-order chi connectivity index (χ0) is 24.6. The topological polar surface area (TPSA) is 215 Å². The fraction of sp³-hybridized carbons (Fsp3) is 0.421. The van der Waals surface area contributed by atoms with Gasteiger partial charge in [0.25, 0.3) is 21.2 Å². The first-order valence-electron chi connectivity index (χ1n) is 9.49. The number of hydrogen-bond donors (Lipinski definition) is 5. The molecule has 32 heavy (non-hydrogen) atoms. The summed E-state index contributed by atoms with van der Waals surface area (Å²) in [4.78, 5) is 23.5. The summed E-state index contributed by atoms with van der Waals surface area (Å²) in [6, 6.07) is 4.48. The van der Waals surface area contributed by atoms with E-state index in [9.17, 15) is 28.2 Å². The molecule has 0 atom stereocenters. The Morgan fingerprint density at radius 2 is 1.50 bits per heavy atom. The molecule has 0 aliphatic heterocycles. The lowest BCUT2D eigenvalue weighted by atomic mass is 10.1. The van der Waals surface area contributed by atoms with Crippen LogP contribution in [0.3, 0.4) is 0 Å². The number of nitrogens with two attached hydrogens (primary N) is 2. The average Bonchev–Trinajstić information content (AvgIpc) is 2.68. The van der Waals surface area contributed by atoms with Crippen LogP contribution in [0.1, 0.15) is 28.7 Å². The van der Waals surface area contributed by atoms with E-state index in [1.54, 1.807) is 13.0 Å². The van der Waals surface area contributed by atoms with Gasteiger partial charge in [0.15, 0.2) is 11.8 Å². The van der Waals surface area contributed by atoms with Gasteiger partial charge in [0.1, 0.15) is 17.4 Å². The number of rotatable bonds is 7. The third-order valence-corrected chi connectivity index (χ3v) is 5.11. The van der Waals surface area contributed by atoms with Crippen LogP contribution in [0.2, 0.25) is 0 Å². The Morgan fingerprint density at radius 1 is 0.969 bits per heavy atom. The highest BCUT2D eigenvalue weighted by molar-refractivity contribution is 7.85. The van der Waals surface area contributed by atoms with Gasteiger partial charge in [-0.25, -0.2) is 0 Å². The Labute approximate surface area is 184 Å². The predicted octanol–water partition coefficient (Wildman–Crippen LogP) is -0.708. The summed E-state index contributed by atoms with van der Waals surface area (Å²) >= 11 is 0. The molecule has 2 heterocycles. The van der Waals surface area contributed by atoms with E-state index in [1.165, 1.54) is 19.1 Å². The van der Waals surface area contributed by atoms with Crippen LogP contribution >= 0.6 is 0 Å². The van der Waals surface area contributed by atoms with Crippen molar-refractivity contribution in [2.75, 3.05) is 13.1 Å². The zero-order valence-electron chi connectivity index (χ0n) is 17.8. The molecular formula is C19H27N5O7S. The van der Waals surface area contributed by atoms with Gasteiger partial charge < -0.3 is 21.7 Å². The van der Waals surface area contributed by atoms with Gasteiger partial charge in [-0.1, -0.05) is 0 Å². The summed E-state index contributed by atoms with van der Waals surface area (Å²) in [5.74, 6) is -1.16. The van der Waals surface area contributed by atoms with Gasteiger partial charge >= 0.3 is 0 Å². The summed E-state index contributed by atoms with van der Waals surface area (Å²) in [5, 5.41) is 27.8. The lowest BCUT2D eigenvalue weighted by Gasteiger charge is -2.12. The van der Waals surface area contributed by atoms with Crippen molar-refractivity contribution >= 4 is 10.1 Å². The van der Waals surface area contributed by atoms with Crippen molar-refractivity contribution in [2.24, 2.45) is 11.5 Å². The van der Waals surface area contributed by atoms with Crippen LogP contribution in [0.15, 0.2) is 21.7 Å². The molecule has 0 spiro atoms. The SMILES string of the molecule is Cc1cc(O)n(CCCN)c(=O)c1CS(=O)(=O)O.Cc1cc(O)n(CCN)c(=O)c1C#N. The second-order valence-corrected chi connectivity index (χ2v) is 8.36. The highest BCUT2D eigenvalue weighted by Gasteiger charge is 2.17. The van der Waals surface area contributed by atoms with Crippen LogP contribution < -0.4 is 22.6 Å². The third-order valence-electron chi connectivity index (χ3n) is 4.45. The van der Waals surface area contributed by atoms with Gasteiger partial charge in [-0.3, -0.25) is 23.3 Å². The summed E-state index contributed by atoms with van der Waals surface area (Å²) < 4.78 is 32.6. The predicted molar refractivity (Wildman–Crippen MR) is 117 cm³/mol. The Bertz CT molecular complexity index is 1230. The molecule has 2 rings (SSSR count). The number of pyridine rings is 2. The molecule has 176 valence electrons. The molecule has 7 N–H and O–H groups in total. The van der Waals surface area contributed by atoms with Crippen molar-refractivity contribution in [2.45, 2.75) is 39.1 Å². The van der Waals surface area contributed by atoms with E-state index in [4.69, 9.17) is 21.3 Å². The maximum absolute atomic E-state index is 12.0. The highest BCUT2D eigenvalue weighted by Crippen LogP contribution is 2.14. The first kappa shape index (κ1) is 26.9. The number of nitrogens with zero attached hydrogens (tertiary/aromatic N) is 3. The largest absolute Gasteiger partial charge is 0.494 e. The van der Waals surface area contributed by atoms with Gasteiger partial charge in [-0.2, -0.15) is 13.7 Å². The van der Waals surface area contributed by atoms with Gasteiger partial charge in [0, 0.05) is 37.3 Å². The number of aryl methyl sites for hydroxylation is 2. The van der Waals surface area contributed by atoms with Crippen LogP contribution in [0.5, 0.6) is 11.8 Å². The van der Waals surface area contributed by atoms with Crippen molar-refractivity contribution in [3.63, 3.8) is 0 Å². The Balaban J connectivity index is 0.000000330. The Hall–Kier alpha value is -3.18. The van der Waals surface area contributed by atoms with Crippen LogP contribution in [0.25, 0.3) is 0 Å². The molecule has 0 aliphatic rings. The van der Waals surface area contributed by atoms with Gasteiger partial charge in [0.2, 0.25) is 0 Å². The minimum absolute atomic E-state index is 0.0488. The van der Waals surface area contributed by atoms with Gasteiger partial charge in [0.05, 0.1) is 0 Å². The maximum Gasteiger partial charge on any atom is 0.271 e. The summed E-state index contributed by atoms with van der Waals surface area (Å²) in [6.07, 6.45) is 0.474. The quantitative estimate of drug-likeness (QED) is 0.321. The van der Waals surface area contributed by atoms with E-state index in [1.807, 2.05) is 0 Å². The molecule has 2 aromatic rings. The standard InChI is InChI=1S/C10H16N2O5S.C9H11N3O2/c1-7-5-9(13)12(4-2-3-11)10(14)8(7)6-18(15,16)17;1-6-4-8(13)12(3-2-10)9(14)7(6)5-11/h5,13H,2-4,6,11H2,1H3,(H,15,16,17);4,13H,2-3,10H2,1H3. The maximum atomic E-state index is 12.0. The number of aromatic nitrogens is 2. The van der Waals surface area contributed by atoms with Gasteiger partial charge in [-0.15, -0.1) is 0 Å². The highest BCUT2D eigenvalue weighted by atomic mass is 32.2. The summed E-state index contributed by atoms with van der Waals surface area (Å²) in [5.41, 5.74) is 10.3. The van der Waals surface area contributed by atoms with Crippen molar-refractivity contribution in [1.29, 1.82) is 5.26 Å². The zero-order valence-corrected chi connectivity index (χ0v) is 18.6. The normalized spacial score (nSPS) is 10.9. The summed E-state index contributed by atoms with van der Waals surface area (Å²) in [7, 11) is -4.29. The Kier molecular flexibility index (Phi) is 9.60. The molecule has 0 radical (unpaired) electrons. The molecule has 13 heteroatoms. The van der Waals surface area contributed by atoms with Crippen LogP contribution in [-0.4, -0.2) is 45.4 Å². The monoisotopic (exact) mass is 469 g/mol. The minimum atomic E-state index is -4.29. The fourth-order valence-electron chi connectivity index (χ4n) is 2.85. The Morgan fingerprint density at radius 3 is 1.97 bits per heavy atom. The van der Waals surface area contributed by atoms with Crippen LogP contribution in [0.4, 0.5) is 0 Å². The molecule has 0 saturated carbocycles. The van der Waals surface area contributed by atoms with Crippen LogP contribution in [0, 0.1) is 25.2 Å². The first-order valence-corrected chi connectivity index (χ1v) is 11.1. The molecule has 0 unspecified atom stereocenters. The van der Waals surface area contributed by atoms with E-state index in [2.05, 4.69) is 0 Å². The molecule has 0 aromatic carbocycles. The smallest absolute Gasteiger partial charge is 0.271 e. The third kappa shape index (κ3) is 6.92. The van der Waals surface area contributed by atoms with E-state index in [-0.39, 0.29) is 42.5 Å². The summed E-state index contributed by atoms with van der Waals surface area (Å²) in [6.45, 7) is 4.08. The molecule has 0 saturated heterocycles.